The van der Waals surface area contributed by atoms with E-state index in [1.807, 2.05) is 31.6 Å². The highest BCUT2D eigenvalue weighted by Crippen LogP contribution is 2.11. The number of amides is 1. The van der Waals surface area contributed by atoms with Gasteiger partial charge in [0.25, 0.3) is 0 Å². The van der Waals surface area contributed by atoms with Crippen molar-refractivity contribution in [2.24, 2.45) is 12.0 Å². The monoisotopic (exact) mass is 464 g/mol. The third-order valence-electron chi connectivity index (χ3n) is 4.03. The van der Waals surface area contributed by atoms with Crippen LogP contribution in [0.5, 0.6) is 0 Å². The number of carbonyl (C=O) groups is 1. The van der Waals surface area contributed by atoms with E-state index < -0.39 is 0 Å². The van der Waals surface area contributed by atoms with Crippen LogP contribution in [0.2, 0.25) is 0 Å². The Kier molecular flexibility index (Phi) is 9.61. The zero-order valence-corrected chi connectivity index (χ0v) is 17.5. The number of rotatable bonds is 5. The first-order valence-corrected chi connectivity index (χ1v) is 8.57. The standard InChI is InChI=1S/C16H28N6O2.HI/c1-4-17-15(18-12-14-6-9-19-21(14)3)20-13-7-10-22(11-8-13)16(23)24-5-2;/h6,9,13H,4-5,7-8,10-12H2,1-3H3,(H2,17,18,20);1H. The summed E-state index contributed by atoms with van der Waals surface area (Å²) in [6, 6.07) is 2.27. The molecule has 25 heavy (non-hydrogen) atoms. The first-order valence-electron chi connectivity index (χ1n) is 8.57. The van der Waals surface area contributed by atoms with Crippen molar-refractivity contribution in [1.82, 2.24) is 25.3 Å². The van der Waals surface area contributed by atoms with E-state index in [0.717, 1.165) is 31.0 Å². The number of carbonyl (C=O) groups excluding carboxylic acids is 1. The Morgan fingerprint density at radius 1 is 1.40 bits per heavy atom. The number of aromatic nitrogens is 2. The number of aliphatic imine (C=N–C) groups is 1. The van der Waals surface area contributed by atoms with E-state index in [0.29, 0.717) is 32.3 Å². The second kappa shape index (κ2) is 11.2. The minimum atomic E-state index is -0.215. The summed E-state index contributed by atoms with van der Waals surface area (Å²) >= 11 is 0. The molecule has 1 aliphatic heterocycles. The summed E-state index contributed by atoms with van der Waals surface area (Å²) in [7, 11) is 1.91. The molecule has 1 aliphatic rings. The lowest BCUT2D eigenvalue weighted by Gasteiger charge is -2.32. The molecule has 0 radical (unpaired) electrons. The third kappa shape index (κ3) is 6.71. The summed E-state index contributed by atoms with van der Waals surface area (Å²) in [6.45, 7) is 7.09. The van der Waals surface area contributed by atoms with Crippen molar-refractivity contribution >= 4 is 36.0 Å². The predicted molar refractivity (Wildman–Crippen MR) is 108 cm³/mol. The van der Waals surface area contributed by atoms with Gasteiger partial charge in [0.1, 0.15) is 0 Å². The van der Waals surface area contributed by atoms with E-state index in [-0.39, 0.29) is 30.1 Å². The summed E-state index contributed by atoms with van der Waals surface area (Å²) in [4.78, 5) is 18.1. The van der Waals surface area contributed by atoms with Crippen LogP contribution in [-0.4, -0.2) is 59.0 Å². The van der Waals surface area contributed by atoms with Crippen LogP contribution in [0.1, 0.15) is 32.4 Å². The summed E-state index contributed by atoms with van der Waals surface area (Å²) in [5, 5.41) is 10.9. The van der Waals surface area contributed by atoms with Crippen molar-refractivity contribution in [1.29, 1.82) is 0 Å². The van der Waals surface area contributed by atoms with Gasteiger partial charge in [0.2, 0.25) is 0 Å². The van der Waals surface area contributed by atoms with Gasteiger partial charge in [0.05, 0.1) is 18.8 Å². The van der Waals surface area contributed by atoms with Gasteiger partial charge in [-0.3, -0.25) is 4.68 Å². The molecule has 0 spiro atoms. The van der Waals surface area contributed by atoms with E-state index >= 15 is 0 Å². The fourth-order valence-electron chi connectivity index (χ4n) is 2.65. The maximum atomic E-state index is 11.7. The average molecular weight is 464 g/mol. The summed E-state index contributed by atoms with van der Waals surface area (Å²) in [5.74, 6) is 0.799. The molecule has 2 rings (SSSR count). The molecule has 1 amide bonds. The Bertz CT molecular complexity index is 555. The highest BCUT2D eigenvalue weighted by molar-refractivity contribution is 14.0. The molecule has 2 heterocycles. The Morgan fingerprint density at radius 2 is 2.12 bits per heavy atom. The lowest BCUT2D eigenvalue weighted by atomic mass is 10.1. The van der Waals surface area contributed by atoms with Gasteiger partial charge in [-0.1, -0.05) is 0 Å². The second-order valence-electron chi connectivity index (χ2n) is 5.75. The van der Waals surface area contributed by atoms with E-state index in [1.54, 1.807) is 11.1 Å². The molecule has 142 valence electrons. The highest BCUT2D eigenvalue weighted by atomic mass is 127. The van der Waals surface area contributed by atoms with Crippen LogP contribution in [0.4, 0.5) is 4.79 Å². The summed E-state index contributed by atoms with van der Waals surface area (Å²) < 4.78 is 6.87. The third-order valence-corrected chi connectivity index (χ3v) is 4.03. The Labute approximate surface area is 166 Å². The van der Waals surface area contributed by atoms with Crippen molar-refractivity contribution in [3.05, 3.63) is 18.0 Å². The molecule has 0 aromatic carbocycles. The molecule has 0 aliphatic carbocycles. The number of hydrogen-bond acceptors (Lipinski definition) is 4. The zero-order valence-electron chi connectivity index (χ0n) is 15.2. The number of piperidine rings is 1. The number of guanidine groups is 1. The van der Waals surface area contributed by atoms with Gasteiger partial charge in [-0.25, -0.2) is 9.79 Å². The number of likely N-dealkylation sites (tertiary alicyclic amines) is 1. The molecular weight excluding hydrogens is 435 g/mol. The van der Waals surface area contributed by atoms with Gasteiger partial charge in [0, 0.05) is 38.9 Å². The Balaban J connectivity index is 0.00000312. The van der Waals surface area contributed by atoms with E-state index in [2.05, 4.69) is 20.7 Å². The zero-order chi connectivity index (χ0) is 17.4. The Hall–Kier alpha value is -1.52. The topological polar surface area (TPSA) is 83.8 Å². The molecule has 0 atom stereocenters. The van der Waals surface area contributed by atoms with Crippen LogP contribution in [-0.2, 0) is 18.3 Å². The minimum absolute atomic E-state index is 0. The molecule has 1 aromatic heterocycles. The van der Waals surface area contributed by atoms with Gasteiger partial charge < -0.3 is 20.3 Å². The van der Waals surface area contributed by atoms with Crippen molar-refractivity contribution < 1.29 is 9.53 Å². The Morgan fingerprint density at radius 3 is 2.68 bits per heavy atom. The normalized spacial score (nSPS) is 15.5. The number of nitrogens with zero attached hydrogens (tertiary/aromatic N) is 4. The van der Waals surface area contributed by atoms with Crippen LogP contribution in [0.3, 0.4) is 0 Å². The number of halogens is 1. The van der Waals surface area contributed by atoms with Gasteiger partial charge in [0.15, 0.2) is 5.96 Å². The van der Waals surface area contributed by atoms with Gasteiger partial charge in [-0.2, -0.15) is 5.10 Å². The molecule has 9 heteroatoms. The molecular formula is C16H29IN6O2. The van der Waals surface area contributed by atoms with E-state index in [9.17, 15) is 4.79 Å². The maximum Gasteiger partial charge on any atom is 0.409 e. The fraction of sp³-hybridized carbons (Fsp3) is 0.688. The fourth-order valence-corrected chi connectivity index (χ4v) is 2.65. The minimum Gasteiger partial charge on any atom is -0.450 e. The summed E-state index contributed by atoms with van der Waals surface area (Å²) in [5.41, 5.74) is 1.06. The SMILES string of the molecule is CCNC(=NCc1ccnn1C)NC1CCN(C(=O)OCC)CC1.I. The largest absolute Gasteiger partial charge is 0.450 e. The molecule has 0 saturated carbocycles. The van der Waals surface area contributed by atoms with Gasteiger partial charge >= 0.3 is 6.09 Å². The van der Waals surface area contributed by atoms with Crippen LogP contribution < -0.4 is 10.6 Å². The predicted octanol–water partition coefficient (Wildman–Crippen LogP) is 1.71. The van der Waals surface area contributed by atoms with E-state index in [4.69, 9.17) is 4.74 Å². The summed E-state index contributed by atoms with van der Waals surface area (Å²) in [6.07, 6.45) is 3.33. The van der Waals surface area contributed by atoms with Crippen LogP contribution in [0.15, 0.2) is 17.3 Å². The molecule has 1 aromatic rings. The quantitative estimate of drug-likeness (QED) is 0.394. The van der Waals surface area contributed by atoms with Gasteiger partial charge in [-0.15, -0.1) is 24.0 Å². The number of nitrogens with one attached hydrogen (secondary N) is 2. The first kappa shape index (κ1) is 21.5. The molecule has 2 N–H and O–H groups in total. The smallest absolute Gasteiger partial charge is 0.409 e. The first-order chi connectivity index (χ1) is 11.6. The molecule has 0 unspecified atom stereocenters. The van der Waals surface area contributed by atoms with Crippen molar-refractivity contribution in [2.75, 3.05) is 26.2 Å². The van der Waals surface area contributed by atoms with Crippen molar-refractivity contribution in [3.63, 3.8) is 0 Å². The maximum absolute atomic E-state index is 11.7. The molecule has 1 saturated heterocycles. The second-order valence-corrected chi connectivity index (χ2v) is 5.75. The highest BCUT2D eigenvalue weighted by Gasteiger charge is 2.24. The van der Waals surface area contributed by atoms with Crippen molar-refractivity contribution in [3.8, 4) is 0 Å². The van der Waals surface area contributed by atoms with Crippen LogP contribution >= 0.6 is 24.0 Å². The number of hydrogen-bond donors (Lipinski definition) is 2. The van der Waals surface area contributed by atoms with Crippen LogP contribution in [0, 0.1) is 0 Å². The van der Waals surface area contributed by atoms with Crippen molar-refractivity contribution in [2.45, 2.75) is 39.3 Å². The average Bonchev–Trinajstić information content (AvgIpc) is 2.99. The van der Waals surface area contributed by atoms with E-state index in [1.165, 1.54) is 0 Å². The lowest BCUT2D eigenvalue weighted by Crippen LogP contribution is -2.49. The molecule has 8 nitrogen and oxygen atoms in total. The number of ether oxygens (including phenoxy) is 1. The van der Waals surface area contributed by atoms with Gasteiger partial charge in [-0.05, 0) is 32.8 Å². The lowest BCUT2D eigenvalue weighted by molar-refractivity contribution is 0.0963. The van der Waals surface area contributed by atoms with Crippen LogP contribution in [0.25, 0.3) is 0 Å². The molecule has 1 fully saturated rings. The number of aryl methyl sites for hydroxylation is 1. The molecule has 0 bridgehead atoms.